The lowest BCUT2D eigenvalue weighted by atomic mass is 9.87. The van der Waals surface area contributed by atoms with E-state index in [1.807, 2.05) is 38.1 Å². The second-order valence-electron chi connectivity index (χ2n) is 5.85. The van der Waals surface area contributed by atoms with Gasteiger partial charge in [0.25, 0.3) is 0 Å². The number of ether oxygens (including phenoxy) is 1. The van der Waals surface area contributed by atoms with E-state index in [0.29, 0.717) is 6.61 Å². The molecule has 0 saturated heterocycles. The smallest absolute Gasteiger partial charge is 0.407 e. The maximum Gasteiger partial charge on any atom is 0.407 e. The topological polar surface area (TPSA) is 38.3 Å². The van der Waals surface area contributed by atoms with Crippen LogP contribution < -0.4 is 5.32 Å². The number of halogens is 1. The fraction of sp³-hybridized carbons (Fsp3) is 0.533. The molecule has 0 aliphatic carbocycles. The molecule has 0 radical (unpaired) electrons. The summed E-state index contributed by atoms with van der Waals surface area (Å²) in [6.45, 7) is 8.31. The van der Waals surface area contributed by atoms with E-state index in [9.17, 15) is 4.79 Å². The van der Waals surface area contributed by atoms with Gasteiger partial charge in [-0.25, -0.2) is 4.79 Å². The largest absolute Gasteiger partial charge is 0.449 e. The number of nitrogens with one attached hydrogen (secondary N) is 1. The van der Waals surface area contributed by atoms with E-state index in [-0.39, 0.29) is 17.6 Å². The third-order valence-corrected chi connectivity index (χ3v) is 2.81. The van der Waals surface area contributed by atoms with Gasteiger partial charge in [0.2, 0.25) is 0 Å². The van der Waals surface area contributed by atoms with Gasteiger partial charge in [-0.15, -0.1) is 0 Å². The third kappa shape index (κ3) is 6.48. The Morgan fingerprint density at radius 1 is 1.42 bits per heavy atom. The zero-order valence-corrected chi connectivity index (χ0v) is 12.8. The van der Waals surface area contributed by atoms with Crippen molar-refractivity contribution in [1.82, 2.24) is 5.32 Å². The summed E-state index contributed by atoms with van der Waals surface area (Å²) in [4.78, 5) is 11.5. The van der Waals surface area contributed by atoms with Gasteiger partial charge >= 0.3 is 6.09 Å². The average Bonchev–Trinajstić information content (AvgIpc) is 2.25. The Morgan fingerprint density at radius 3 is 2.68 bits per heavy atom. The Hall–Kier alpha value is -1.22. The molecule has 1 aromatic rings. The second kappa shape index (κ2) is 6.80. The molecule has 0 unspecified atom stereocenters. The quantitative estimate of drug-likeness (QED) is 0.885. The molecule has 0 heterocycles. The molecule has 0 aliphatic heterocycles. The van der Waals surface area contributed by atoms with Crippen molar-refractivity contribution >= 4 is 17.7 Å². The van der Waals surface area contributed by atoms with Crippen molar-refractivity contribution in [2.75, 3.05) is 6.61 Å². The van der Waals surface area contributed by atoms with E-state index in [4.69, 9.17) is 16.3 Å². The van der Waals surface area contributed by atoms with Gasteiger partial charge in [-0.1, -0.05) is 37.6 Å². The Kier molecular flexibility index (Phi) is 5.67. The fourth-order valence-corrected chi connectivity index (χ4v) is 2.00. The third-order valence-electron chi connectivity index (χ3n) is 2.57. The molecule has 106 valence electrons. The molecule has 4 heteroatoms. The van der Waals surface area contributed by atoms with Crippen LogP contribution in [0.5, 0.6) is 0 Å². The summed E-state index contributed by atoms with van der Waals surface area (Å²) in [6, 6.07) is 7.84. The van der Waals surface area contributed by atoms with Gasteiger partial charge in [-0.2, -0.15) is 0 Å². The normalized spacial score (nSPS) is 11.5. The number of carbonyl (C=O) groups is 1. The van der Waals surface area contributed by atoms with Crippen molar-refractivity contribution in [3.05, 3.63) is 34.9 Å². The van der Waals surface area contributed by atoms with Crippen molar-refractivity contribution in [3.8, 4) is 0 Å². The van der Waals surface area contributed by atoms with E-state index in [2.05, 4.69) is 19.2 Å². The number of benzene rings is 1. The number of hydrogen-bond donors (Lipinski definition) is 1. The number of amides is 1. The average molecular weight is 284 g/mol. The maximum atomic E-state index is 11.5. The molecule has 0 aliphatic rings. The van der Waals surface area contributed by atoms with Crippen LogP contribution >= 0.6 is 11.6 Å². The molecule has 0 saturated carbocycles. The Labute approximate surface area is 120 Å². The highest BCUT2D eigenvalue weighted by Gasteiger charge is 2.21. The number of alkyl carbamates (subject to hydrolysis) is 1. The Bertz CT molecular complexity index is 430. The molecule has 0 spiro atoms. The summed E-state index contributed by atoms with van der Waals surface area (Å²) < 4.78 is 5.24. The summed E-state index contributed by atoms with van der Waals surface area (Å²) in [5, 5.41) is 3.43. The molecule has 0 bridgehead atoms. The van der Waals surface area contributed by atoms with Crippen LogP contribution in [0, 0.1) is 5.41 Å². The Morgan fingerprint density at radius 2 is 2.11 bits per heavy atom. The summed E-state index contributed by atoms with van der Waals surface area (Å²) in [7, 11) is 0. The van der Waals surface area contributed by atoms with Crippen molar-refractivity contribution in [1.29, 1.82) is 0 Å². The SMILES string of the molecule is CC(C)NC(=O)OCC(C)(C)Cc1cccc(Cl)c1. The van der Waals surface area contributed by atoms with E-state index < -0.39 is 0 Å². The van der Waals surface area contributed by atoms with Gasteiger partial charge < -0.3 is 10.1 Å². The minimum atomic E-state index is -0.367. The first kappa shape index (κ1) is 15.8. The first-order valence-electron chi connectivity index (χ1n) is 6.46. The van der Waals surface area contributed by atoms with Gasteiger partial charge in [0, 0.05) is 16.5 Å². The van der Waals surface area contributed by atoms with E-state index >= 15 is 0 Å². The highest BCUT2D eigenvalue weighted by molar-refractivity contribution is 6.30. The van der Waals surface area contributed by atoms with Gasteiger partial charge in [0.1, 0.15) is 0 Å². The first-order chi connectivity index (χ1) is 8.78. The first-order valence-corrected chi connectivity index (χ1v) is 6.84. The lowest BCUT2D eigenvalue weighted by molar-refractivity contribution is 0.0969. The molecule has 0 atom stereocenters. The molecule has 1 rings (SSSR count). The monoisotopic (exact) mass is 283 g/mol. The predicted molar refractivity (Wildman–Crippen MR) is 78.6 cm³/mol. The summed E-state index contributed by atoms with van der Waals surface area (Å²) in [5.74, 6) is 0. The highest BCUT2D eigenvalue weighted by Crippen LogP contribution is 2.23. The van der Waals surface area contributed by atoms with Crippen LogP contribution in [0.4, 0.5) is 4.79 Å². The predicted octanol–water partition coefficient (Wildman–Crippen LogP) is 4.04. The lowest BCUT2D eigenvalue weighted by Crippen LogP contribution is -2.34. The molecule has 1 amide bonds. The van der Waals surface area contributed by atoms with Gasteiger partial charge in [0.15, 0.2) is 0 Å². The van der Waals surface area contributed by atoms with E-state index in [1.165, 1.54) is 0 Å². The van der Waals surface area contributed by atoms with Crippen LogP contribution in [0.15, 0.2) is 24.3 Å². The van der Waals surface area contributed by atoms with Crippen LogP contribution in [0.3, 0.4) is 0 Å². The minimum Gasteiger partial charge on any atom is -0.449 e. The van der Waals surface area contributed by atoms with Gasteiger partial charge in [-0.05, 0) is 38.0 Å². The summed E-state index contributed by atoms with van der Waals surface area (Å²) in [6.07, 6.45) is 0.442. The van der Waals surface area contributed by atoms with Crippen molar-refractivity contribution in [2.45, 2.75) is 40.2 Å². The fourth-order valence-electron chi connectivity index (χ4n) is 1.79. The van der Waals surface area contributed by atoms with Crippen molar-refractivity contribution in [3.63, 3.8) is 0 Å². The standard InChI is InChI=1S/C15H22ClNO2/c1-11(2)17-14(18)19-10-15(3,4)9-12-6-5-7-13(16)8-12/h5-8,11H,9-10H2,1-4H3,(H,17,18). The van der Waals surface area contributed by atoms with Crippen molar-refractivity contribution < 1.29 is 9.53 Å². The zero-order valence-electron chi connectivity index (χ0n) is 12.0. The molecule has 1 N–H and O–H groups in total. The zero-order chi connectivity index (χ0) is 14.5. The van der Waals surface area contributed by atoms with E-state index in [1.54, 1.807) is 0 Å². The molecule has 19 heavy (non-hydrogen) atoms. The maximum absolute atomic E-state index is 11.5. The number of rotatable bonds is 5. The molecular weight excluding hydrogens is 262 g/mol. The summed E-state index contributed by atoms with van der Waals surface area (Å²) >= 11 is 5.96. The van der Waals surface area contributed by atoms with Gasteiger partial charge in [-0.3, -0.25) is 0 Å². The van der Waals surface area contributed by atoms with Crippen molar-refractivity contribution in [2.24, 2.45) is 5.41 Å². The number of hydrogen-bond acceptors (Lipinski definition) is 2. The molecule has 3 nitrogen and oxygen atoms in total. The molecule has 0 aromatic heterocycles. The lowest BCUT2D eigenvalue weighted by Gasteiger charge is -2.24. The minimum absolute atomic E-state index is 0.0866. The van der Waals surface area contributed by atoms with Crippen LogP contribution in [0.1, 0.15) is 33.3 Å². The van der Waals surface area contributed by atoms with Crippen LogP contribution in [-0.4, -0.2) is 18.7 Å². The highest BCUT2D eigenvalue weighted by atomic mass is 35.5. The summed E-state index contributed by atoms with van der Waals surface area (Å²) in [5.41, 5.74) is 1.02. The number of carbonyl (C=O) groups excluding carboxylic acids is 1. The molecular formula is C15H22ClNO2. The van der Waals surface area contributed by atoms with Crippen LogP contribution in [-0.2, 0) is 11.2 Å². The van der Waals surface area contributed by atoms with Crippen LogP contribution in [0.2, 0.25) is 5.02 Å². The second-order valence-corrected chi connectivity index (χ2v) is 6.28. The van der Waals surface area contributed by atoms with Gasteiger partial charge in [0.05, 0.1) is 6.61 Å². The Balaban J connectivity index is 2.50. The van der Waals surface area contributed by atoms with Crippen LogP contribution in [0.25, 0.3) is 0 Å². The van der Waals surface area contributed by atoms with E-state index in [0.717, 1.165) is 17.0 Å². The molecule has 1 aromatic carbocycles. The molecule has 0 fully saturated rings.